The molecular formula is C16H19NO2S2. The summed E-state index contributed by atoms with van der Waals surface area (Å²) in [6.07, 6.45) is -0.522. The molecule has 112 valence electrons. The first-order valence-corrected chi connectivity index (χ1v) is 8.82. The number of hydrogen-bond donors (Lipinski definition) is 1. The summed E-state index contributed by atoms with van der Waals surface area (Å²) in [4.78, 5) is 13.7. The van der Waals surface area contributed by atoms with Crippen molar-refractivity contribution in [3.8, 4) is 0 Å². The van der Waals surface area contributed by atoms with E-state index in [2.05, 4.69) is 5.38 Å². The summed E-state index contributed by atoms with van der Waals surface area (Å²) in [7, 11) is 1.81. The molecule has 1 amide bonds. The predicted molar refractivity (Wildman–Crippen MR) is 89.5 cm³/mol. The Kier molecular flexibility index (Phi) is 6.29. The zero-order valence-corrected chi connectivity index (χ0v) is 13.6. The molecule has 2 rings (SSSR count). The highest BCUT2D eigenvalue weighted by atomic mass is 32.2. The largest absolute Gasteiger partial charge is 0.388 e. The van der Waals surface area contributed by atoms with Crippen molar-refractivity contribution in [2.24, 2.45) is 0 Å². The van der Waals surface area contributed by atoms with Crippen molar-refractivity contribution >= 4 is 29.0 Å². The Morgan fingerprint density at radius 2 is 2.10 bits per heavy atom. The first-order valence-electron chi connectivity index (χ1n) is 6.72. The van der Waals surface area contributed by atoms with E-state index < -0.39 is 6.10 Å². The maximum Gasteiger partial charge on any atom is 0.232 e. The summed E-state index contributed by atoms with van der Waals surface area (Å²) in [6.45, 7) is 0.643. The van der Waals surface area contributed by atoms with Crippen LogP contribution in [-0.2, 0) is 11.3 Å². The molecule has 1 aromatic carbocycles. The Morgan fingerprint density at radius 1 is 1.33 bits per heavy atom. The number of hydrogen-bond acceptors (Lipinski definition) is 4. The number of benzene rings is 1. The SMILES string of the molecule is CN(Cc1ccsc1)C(=O)CSCC(O)c1ccccc1. The molecule has 5 heteroatoms. The number of amides is 1. The van der Waals surface area contributed by atoms with Crippen molar-refractivity contribution in [1.82, 2.24) is 4.90 Å². The first kappa shape index (κ1) is 16.1. The lowest BCUT2D eigenvalue weighted by molar-refractivity contribution is -0.127. The molecule has 3 nitrogen and oxygen atoms in total. The molecule has 1 aromatic heterocycles. The third-order valence-corrected chi connectivity index (χ3v) is 4.85. The zero-order chi connectivity index (χ0) is 15.1. The number of carbonyl (C=O) groups is 1. The van der Waals surface area contributed by atoms with Gasteiger partial charge in [-0.15, -0.1) is 11.8 Å². The van der Waals surface area contributed by atoms with Crippen LogP contribution in [0.1, 0.15) is 17.2 Å². The van der Waals surface area contributed by atoms with Gasteiger partial charge in [-0.1, -0.05) is 30.3 Å². The van der Waals surface area contributed by atoms with Crippen LogP contribution in [-0.4, -0.2) is 34.5 Å². The quantitative estimate of drug-likeness (QED) is 0.851. The molecule has 1 N–H and O–H groups in total. The molecule has 0 aliphatic carbocycles. The summed E-state index contributed by atoms with van der Waals surface area (Å²) < 4.78 is 0. The molecule has 0 saturated carbocycles. The Bertz CT molecular complexity index is 543. The van der Waals surface area contributed by atoms with Crippen LogP contribution < -0.4 is 0 Å². The molecule has 1 heterocycles. The Morgan fingerprint density at radius 3 is 2.76 bits per heavy atom. The van der Waals surface area contributed by atoms with Gasteiger partial charge in [0.15, 0.2) is 0 Å². The molecule has 1 atom stereocenters. The molecule has 0 bridgehead atoms. The van der Waals surface area contributed by atoms with Gasteiger partial charge in [-0.25, -0.2) is 0 Å². The van der Waals surface area contributed by atoms with Gasteiger partial charge in [0.25, 0.3) is 0 Å². The van der Waals surface area contributed by atoms with E-state index in [4.69, 9.17) is 0 Å². The maximum atomic E-state index is 12.0. The lowest BCUT2D eigenvalue weighted by Gasteiger charge is -2.17. The van der Waals surface area contributed by atoms with Crippen LogP contribution in [0.25, 0.3) is 0 Å². The predicted octanol–water partition coefficient (Wildman–Crippen LogP) is 3.17. The van der Waals surface area contributed by atoms with E-state index in [0.29, 0.717) is 18.1 Å². The Labute approximate surface area is 133 Å². The normalized spacial score (nSPS) is 12.1. The van der Waals surface area contributed by atoms with Gasteiger partial charge < -0.3 is 10.0 Å². The van der Waals surface area contributed by atoms with Crippen LogP contribution in [0, 0.1) is 0 Å². The minimum atomic E-state index is -0.522. The number of thiophene rings is 1. The number of rotatable bonds is 7. The molecule has 0 spiro atoms. The van der Waals surface area contributed by atoms with Gasteiger partial charge >= 0.3 is 0 Å². The van der Waals surface area contributed by atoms with Gasteiger partial charge in [0.05, 0.1) is 11.9 Å². The third kappa shape index (κ3) is 5.19. The Balaban J connectivity index is 1.71. The van der Waals surface area contributed by atoms with E-state index in [-0.39, 0.29) is 5.91 Å². The fraction of sp³-hybridized carbons (Fsp3) is 0.312. The first-order chi connectivity index (χ1) is 10.2. The standard InChI is InChI=1S/C16H19NO2S2/c1-17(9-13-7-8-20-10-13)16(19)12-21-11-15(18)14-5-3-2-4-6-14/h2-8,10,15,18H,9,11-12H2,1H3. The van der Waals surface area contributed by atoms with E-state index in [9.17, 15) is 9.90 Å². The summed E-state index contributed by atoms with van der Waals surface area (Å²) >= 11 is 3.10. The average molecular weight is 321 g/mol. The maximum absolute atomic E-state index is 12.0. The van der Waals surface area contributed by atoms with Crippen molar-refractivity contribution in [2.45, 2.75) is 12.6 Å². The van der Waals surface area contributed by atoms with Crippen molar-refractivity contribution in [3.63, 3.8) is 0 Å². The molecular weight excluding hydrogens is 302 g/mol. The number of aliphatic hydroxyl groups is 1. The summed E-state index contributed by atoms with van der Waals surface area (Å²) in [5.41, 5.74) is 2.05. The molecule has 2 aromatic rings. The number of carbonyl (C=O) groups excluding carboxylic acids is 1. The van der Waals surface area contributed by atoms with Crippen LogP contribution in [0.5, 0.6) is 0 Å². The highest BCUT2D eigenvalue weighted by molar-refractivity contribution is 7.99. The summed E-state index contributed by atoms with van der Waals surface area (Å²) in [5, 5.41) is 14.1. The minimum Gasteiger partial charge on any atom is -0.388 e. The van der Waals surface area contributed by atoms with Gasteiger partial charge in [-0.05, 0) is 28.0 Å². The molecule has 0 fully saturated rings. The number of aliphatic hydroxyl groups excluding tert-OH is 1. The van der Waals surface area contributed by atoms with Crippen LogP contribution in [0.3, 0.4) is 0 Å². The Hall–Kier alpha value is -1.30. The van der Waals surface area contributed by atoms with Crippen LogP contribution in [0.2, 0.25) is 0 Å². The summed E-state index contributed by atoms with van der Waals surface area (Å²) in [6, 6.07) is 11.6. The zero-order valence-electron chi connectivity index (χ0n) is 11.9. The second-order valence-electron chi connectivity index (χ2n) is 4.82. The van der Waals surface area contributed by atoms with Crippen molar-refractivity contribution < 1.29 is 9.90 Å². The lowest BCUT2D eigenvalue weighted by atomic mass is 10.1. The molecule has 21 heavy (non-hydrogen) atoms. The van der Waals surface area contributed by atoms with Crippen LogP contribution in [0.4, 0.5) is 0 Å². The highest BCUT2D eigenvalue weighted by Crippen LogP contribution is 2.18. The van der Waals surface area contributed by atoms with E-state index in [1.165, 1.54) is 11.8 Å². The van der Waals surface area contributed by atoms with Crippen molar-refractivity contribution in [3.05, 3.63) is 58.3 Å². The van der Waals surface area contributed by atoms with E-state index in [0.717, 1.165) is 11.1 Å². The van der Waals surface area contributed by atoms with E-state index in [1.54, 1.807) is 16.2 Å². The van der Waals surface area contributed by atoms with Gasteiger partial charge in [-0.2, -0.15) is 11.3 Å². The number of nitrogens with zero attached hydrogens (tertiary/aromatic N) is 1. The third-order valence-electron chi connectivity index (χ3n) is 3.11. The second-order valence-corrected chi connectivity index (χ2v) is 6.63. The molecule has 1 unspecified atom stereocenters. The fourth-order valence-corrected chi connectivity index (χ4v) is 3.47. The van der Waals surface area contributed by atoms with Crippen LogP contribution in [0.15, 0.2) is 47.2 Å². The smallest absolute Gasteiger partial charge is 0.232 e. The van der Waals surface area contributed by atoms with Gasteiger partial charge in [0.2, 0.25) is 5.91 Å². The monoisotopic (exact) mass is 321 g/mol. The van der Waals surface area contributed by atoms with Crippen molar-refractivity contribution in [1.29, 1.82) is 0 Å². The molecule has 0 saturated heterocycles. The highest BCUT2D eigenvalue weighted by Gasteiger charge is 2.12. The topological polar surface area (TPSA) is 40.5 Å². The second kappa shape index (κ2) is 8.22. The fourth-order valence-electron chi connectivity index (χ4n) is 1.88. The molecule has 0 aliphatic heterocycles. The van der Waals surface area contributed by atoms with Crippen molar-refractivity contribution in [2.75, 3.05) is 18.6 Å². The average Bonchev–Trinajstić information content (AvgIpc) is 3.00. The van der Waals surface area contributed by atoms with E-state index in [1.807, 2.05) is 48.8 Å². The lowest BCUT2D eigenvalue weighted by Crippen LogP contribution is -2.27. The van der Waals surface area contributed by atoms with Crippen LogP contribution >= 0.6 is 23.1 Å². The van der Waals surface area contributed by atoms with Gasteiger partial charge in [0.1, 0.15) is 0 Å². The van der Waals surface area contributed by atoms with Gasteiger partial charge in [-0.3, -0.25) is 4.79 Å². The number of thioether (sulfide) groups is 1. The van der Waals surface area contributed by atoms with E-state index >= 15 is 0 Å². The van der Waals surface area contributed by atoms with Gasteiger partial charge in [0, 0.05) is 19.3 Å². The summed E-state index contributed by atoms with van der Waals surface area (Å²) in [5.74, 6) is 1.01. The minimum absolute atomic E-state index is 0.0893. The molecule has 0 radical (unpaired) electrons. The molecule has 0 aliphatic rings.